The second-order valence-corrected chi connectivity index (χ2v) is 8.57. The lowest BCUT2D eigenvalue weighted by molar-refractivity contribution is -0.119. The number of nitrogens with one attached hydrogen (secondary N) is 2. The Balaban J connectivity index is 1.60. The Morgan fingerprint density at radius 2 is 2.09 bits per heavy atom. The summed E-state index contributed by atoms with van der Waals surface area (Å²) in [5.74, 6) is 1.22. The molecule has 1 aromatic heterocycles. The van der Waals surface area contributed by atoms with Gasteiger partial charge in [-0.05, 0) is 32.1 Å². The Labute approximate surface area is 141 Å². The number of hydrogen-bond donors (Lipinski definition) is 2. The van der Waals surface area contributed by atoms with Crippen molar-refractivity contribution in [2.24, 2.45) is 5.92 Å². The molecule has 1 heterocycles. The maximum absolute atomic E-state index is 11.9. The average molecular weight is 343 g/mol. The van der Waals surface area contributed by atoms with Crippen molar-refractivity contribution < 1.29 is 4.79 Å². The fourth-order valence-electron chi connectivity index (χ4n) is 2.08. The topological polar surface area (TPSA) is 66.9 Å². The molecule has 1 aliphatic carbocycles. The first-order valence-electron chi connectivity index (χ1n) is 8.05. The van der Waals surface area contributed by atoms with Gasteiger partial charge in [-0.2, -0.15) is 0 Å². The molecule has 22 heavy (non-hydrogen) atoms. The second-order valence-electron chi connectivity index (χ2n) is 6.37. The molecule has 0 radical (unpaired) electrons. The van der Waals surface area contributed by atoms with Crippen LogP contribution in [-0.4, -0.2) is 33.9 Å². The van der Waals surface area contributed by atoms with Crippen molar-refractivity contribution in [3.8, 4) is 0 Å². The predicted molar refractivity (Wildman–Crippen MR) is 93.6 cm³/mol. The van der Waals surface area contributed by atoms with Crippen LogP contribution in [0.1, 0.15) is 52.9 Å². The molecule has 2 rings (SSSR count). The standard InChI is InChI=1S/C15H26N4OS2/c1-10(2)5-4-6-11(3)16-13(20)9-21-15-19-18-14(22-15)17-12-7-8-12/h10-12H,4-9H2,1-3H3,(H,16,20)(H,17,18). The summed E-state index contributed by atoms with van der Waals surface area (Å²) < 4.78 is 0.853. The van der Waals surface area contributed by atoms with Crippen LogP contribution in [0.25, 0.3) is 0 Å². The van der Waals surface area contributed by atoms with Gasteiger partial charge in [0.15, 0.2) is 4.34 Å². The second kappa shape index (κ2) is 8.72. The monoisotopic (exact) mass is 342 g/mol. The van der Waals surface area contributed by atoms with Gasteiger partial charge < -0.3 is 10.6 Å². The van der Waals surface area contributed by atoms with Crippen LogP contribution in [0.2, 0.25) is 0 Å². The van der Waals surface area contributed by atoms with Crippen molar-refractivity contribution in [1.82, 2.24) is 15.5 Å². The molecule has 0 bridgehead atoms. The van der Waals surface area contributed by atoms with Crippen molar-refractivity contribution in [3.63, 3.8) is 0 Å². The van der Waals surface area contributed by atoms with Gasteiger partial charge in [-0.25, -0.2) is 0 Å². The summed E-state index contributed by atoms with van der Waals surface area (Å²) in [6.07, 6.45) is 5.87. The minimum absolute atomic E-state index is 0.0777. The molecule has 1 unspecified atom stereocenters. The van der Waals surface area contributed by atoms with Crippen LogP contribution in [0.5, 0.6) is 0 Å². The minimum atomic E-state index is 0.0777. The van der Waals surface area contributed by atoms with Crippen molar-refractivity contribution in [2.45, 2.75) is 69.3 Å². The Hall–Kier alpha value is -0.820. The van der Waals surface area contributed by atoms with Crippen LogP contribution in [0.4, 0.5) is 5.13 Å². The largest absolute Gasteiger partial charge is 0.357 e. The van der Waals surface area contributed by atoms with E-state index in [-0.39, 0.29) is 11.9 Å². The molecule has 1 amide bonds. The average Bonchev–Trinajstić information content (AvgIpc) is 3.13. The number of aromatic nitrogens is 2. The summed E-state index contributed by atoms with van der Waals surface area (Å²) in [6.45, 7) is 6.54. The van der Waals surface area contributed by atoms with Gasteiger partial charge in [-0.15, -0.1) is 10.2 Å². The van der Waals surface area contributed by atoms with Gasteiger partial charge >= 0.3 is 0 Å². The van der Waals surface area contributed by atoms with Crippen LogP contribution >= 0.6 is 23.1 Å². The molecule has 0 aliphatic heterocycles. The SMILES string of the molecule is CC(C)CCCC(C)NC(=O)CSc1nnc(NC2CC2)s1. The fourth-order valence-corrected chi connectivity index (χ4v) is 3.72. The lowest BCUT2D eigenvalue weighted by Gasteiger charge is -2.14. The fraction of sp³-hybridized carbons (Fsp3) is 0.800. The quantitative estimate of drug-likeness (QED) is 0.637. The van der Waals surface area contributed by atoms with Crippen LogP contribution in [0.15, 0.2) is 4.34 Å². The van der Waals surface area contributed by atoms with Gasteiger partial charge in [0.05, 0.1) is 5.75 Å². The number of anilines is 1. The van der Waals surface area contributed by atoms with E-state index >= 15 is 0 Å². The number of nitrogens with zero attached hydrogens (tertiary/aromatic N) is 2. The van der Waals surface area contributed by atoms with Crippen molar-refractivity contribution >= 4 is 34.1 Å². The van der Waals surface area contributed by atoms with Crippen molar-refractivity contribution in [1.29, 1.82) is 0 Å². The molecule has 1 fully saturated rings. The van der Waals surface area contributed by atoms with Gasteiger partial charge in [0.25, 0.3) is 0 Å². The third kappa shape index (κ3) is 6.96. The van der Waals surface area contributed by atoms with Gasteiger partial charge in [-0.3, -0.25) is 4.79 Å². The number of rotatable bonds is 10. The Kier molecular flexibility index (Phi) is 6.95. The molecule has 2 N–H and O–H groups in total. The van der Waals surface area contributed by atoms with E-state index < -0.39 is 0 Å². The molecule has 7 heteroatoms. The smallest absolute Gasteiger partial charge is 0.230 e. The first kappa shape index (κ1) is 17.5. The summed E-state index contributed by atoms with van der Waals surface area (Å²) >= 11 is 2.99. The molecular weight excluding hydrogens is 316 g/mol. The molecule has 0 aromatic carbocycles. The van der Waals surface area contributed by atoms with E-state index in [1.165, 1.54) is 48.8 Å². The highest BCUT2D eigenvalue weighted by Crippen LogP contribution is 2.30. The number of hydrogen-bond acceptors (Lipinski definition) is 6. The molecule has 124 valence electrons. The molecule has 0 spiro atoms. The minimum Gasteiger partial charge on any atom is -0.357 e. The molecule has 5 nitrogen and oxygen atoms in total. The van der Waals surface area contributed by atoms with E-state index in [9.17, 15) is 4.79 Å². The zero-order valence-electron chi connectivity index (χ0n) is 13.6. The van der Waals surface area contributed by atoms with E-state index in [4.69, 9.17) is 0 Å². The van der Waals surface area contributed by atoms with E-state index in [1.54, 1.807) is 0 Å². The summed E-state index contributed by atoms with van der Waals surface area (Å²) in [5, 5.41) is 15.4. The van der Waals surface area contributed by atoms with Gasteiger partial charge in [0.1, 0.15) is 0 Å². The maximum Gasteiger partial charge on any atom is 0.230 e. The first-order valence-corrected chi connectivity index (χ1v) is 9.85. The van der Waals surface area contributed by atoms with Crippen LogP contribution < -0.4 is 10.6 Å². The van der Waals surface area contributed by atoms with Crippen molar-refractivity contribution in [3.05, 3.63) is 0 Å². The van der Waals surface area contributed by atoms with Crippen molar-refractivity contribution in [2.75, 3.05) is 11.1 Å². The van der Waals surface area contributed by atoms with E-state index in [0.717, 1.165) is 21.8 Å². The van der Waals surface area contributed by atoms with Crippen LogP contribution in [-0.2, 0) is 4.79 Å². The highest BCUT2D eigenvalue weighted by molar-refractivity contribution is 8.01. The zero-order valence-corrected chi connectivity index (χ0v) is 15.2. The molecule has 1 aromatic rings. The van der Waals surface area contributed by atoms with Crippen LogP contribution in [0, 0.1) is 5.92 Å². The number of carbonyl (C=O) groups is 1. The van der Waals surface area contributed by atoms with E-state index in [2.05, 4.69) is 41.6 Å². The third-order valence-corrected chi connectivity index (χ3v) is 5.45. The molecule has 1 aliphatic rings. The Morgan fingerprint density at radius 1 is 1.32 bits per heavy atom. The highest BCUT2D eigenvalue weighted by atomic mass is 32.2. The number of amides is 1. The summed E-state index contributed by atoms with van der Waals surface area (Å²) in [7, 11) is 0. The predicted octanol–water partition coefficient (Wildman–Crippen LogP) is 3.54. The summed E-state index contributed by atoms with van der Waals surface area (Å²) in [5.41, 5.74) is 0. The first-order chi connectivity index (χ1) is 10.5. The van der Waals surface area contributed by atoms with E-state index in [0.29, 0.717) is 11.8 Å². The lowest BCUT2D eigenvalue weighted by Crippen LogP contribution is -2.33. The third-order valence-electron chi connectivity index (χ3n) is 3.46. The lowest BCUT2D eigenvalue weighted by atomic mass is 10.0. The maximum atomic E-state index is 11.9. The Morgan fingerprint density at radius 3 is 2.77 bits per heavy atom. The zero-order chi connectivity index (χ0) is 15.9. The molecular formula is C15H26N4OS2. The number of thioether (sulfide) groups is 1. The summed E-state index contributed by atoms with van der Waals surface area (Å²) in [4.78, 5) is 11.9. The van der Waals surface area contributed by atoms with Gasteiger partial charge in [0, 0.05) is 12.1 Å². The van der Waals surface area contributed by atoms with Crippen LogP contribution in [0.3, 0.4) is 0 Å². The van der Waals surface area contributed by atoms with Gasteiger partial charge in [-0.1, -0.05) is 49.8 Å². The summed E-state index contributed by atoms with van der Waals surface area (Å²) in [6, 6.07) is 0.828. The van der Waals surface area contributed by atoms with Gasteiger partial charge in [0.2, 0.25) is 11.0 Å². The molecule has 0 saturated heterocycles. The van der Waals surface area contributed by atoms with E-state index in [1.807, 2.05) is 0 Å². The Bertz CT molecular complexity index is 474. The number of carbonyl (C=O) groups excluding carboxylic acids is 1. The molecule has 1 saturated carbocycles. The normalized spacial score (nSPS) is 15.8. The highest BCUT2D eigenvalue weighted by Gasteiger charge is 2.22. The molecule has 1 atom stereocenters.